The lowest BCUT2D eigenvalue weighted by molar-refractivity contribution is -0.120. The second kappa shape index (κ2) is 7.69. The van der Waals surface area contributed by atoms with E-state index in [9.17, 15) is 18.4 Å². The van der Waals surface area contributed by atoms with Crippen molar-refractivity contribution in [2.24, 2.45) is 0 Å². The molecule has 30 heavy (non-hydrogen) atoms. The Hall–Kier alpha value is -3.56. The molecule has 0 aliphatic carbocycles. The summed E-state index contributed by atoms with van der Waals surface area (Å²) in [4.78, 5) is 33.2. The first kappa shape index (κ1) is 19.7. The number of fused-ring (bicyclic) bond motifs is 1. The second-order valence-electron chi connectivity index (χ2n) is 7.02. The number of rotatable bonds is 5. The Kier molecular flexibility index (Phi) is 5.06. The third-order valence-corrected chi connectivity index (χ3v) is 4.85. The number of benzene rings is 1. The van der Waals surface area contributed by atoms with Gasteiger partial charge in [0.1, 0.15) is 30.0 Å². The number of hydrogen-bond donors (Lipinski definition) is 2. The van der Waals surface area contributed by atoms with Crippen LogP contribution in [0.15, 0.2) is 24.4 Å². The maximum atomic E-state index is 13.9. The fourth-order valence-electron chi connectivity index (χ4n) is 3.39. The molecule has 8 nitrogen and oxygen atoms in total. The molecule has 3 heterocycles. The predicted molar refractivity (Wildman–Crippen MR) is 102 cm³/mol. The van der Waals surface area contributed by atoms with Gasteiger partial charge in [0.2, 0.25) is 11.6 Å². The molecule has 1 saturated heterocycles. The summed E-state index contributed by atoms with van der Waals surface area (Å²) in [6.45, 7) is 3.45. The lowest BCUT2D eigenvalue weighted by Crippen LogP contribution is -2.40. The van der Waals surface area contributed by atoms with Crippen molar-refractivity contribution in [2.75, 3.05) is 6.54 Å². The molecule has 1 atom stereocenters. The summed E-state index contributed by atoms with van der Waals surface area (Å²) in [7, 11) is 0. The summed E-state index contributed by atoms with van der Waals surface area (Å²) in [6.07, 6.45) is 2.11. The second-order valence-corrected chi connectivity index (χ2v) is 7.02. The number of aromatic nitrogens is 3. The van der Waals surface area contributed by atoms with Gasteiger partial charge in [-0.2, -0.15) is 0 Å². The van der Waals surface area contributed by atoms with Crippen molar-refractivity contribution in [2.45, 2.75) is 32.9 Å². The van der Waals surface area contributed by atoms with Crippen LogP contribution in [0.5, 0.6) is 5.88 Å². The molecule has 0 bridgehead atoms. The first-order valence-electron chi connectivity index (χ1n) is 9.35. The summed E-state index contributed by atoms with van der Waals surface area (Å²) < 4.78 is 34.9. The van der Waals surface area contributed by atoms with Crippen LogP contribution in [0.2, 0.25) is 0 Å². The van der Waals surface area contributed by atoms with Gasteiger partial charge in [-0.25, -0.2) is 18.7 Å². The van der Waals surface area contributed by atoms with E-state index in [-0.39, 0.29) is 35.3 Å². The maximum absolute atomic E-state index is 13.9. The van der Waals surface area contributed by atoms with Gasteiger partial charge >= 0.3 is 0 Å². The van der Waals surface area contributed by atoms with Crippen molar-refractivity contribution in [3.63, 3.8) is 0 Å². The molecular formula is C20H19F2N5O3. The molecule has 156 valence electrons. The molecule has 1 aliphatic heterocycles. The molecule has 0 spiro atoms. The van der Waals surface area contributed by atoms with E-state index < -0.39 is 23.6 Å². The monoisotopic (exact) mass is 415 g/mol. The van der Waals surface area contributed by atoms with E-state index >= 15 is 0 Å². The number of aryl methyl sites for hydroxylation is 2. The van der Waals surface area contributed by atoms with Crippen LogP contribution in [0.4, 0.5) is 8.78 Å². The molecule has 1 aliphatic rings. The lowest BCUT2D eigenvalue weighted by Gasteiger charge is -2.12. The number of carbonyl (C=O) groups is 2. The van der Waals surface area contributed by atoms with Crippen LogP contribution in [0.1, 0.15) is 33.9 Å². The lowest BCUT2D eigenvalue weighted by atomic mass is 10.2. The van der Waals surface area contributed by atoms with Gasteiger partial charge in [0.05, 0.1) is 17.0 Å². The quantitative estimate of drug-likeness (QED) is 0.663. The number of carbonyl (C=O) groups excluding carboxylic acids is 2. The standard InChI is InChI=1S/C20H19F2N5O3/c1-10-8-27-16(19(29)26-15-6-7-23-18(15)28)11(2)25-17(27)20(24-10)30-9-12-13(21)4-3-5-14(12)22/h3-5,8,15H,6-7,9H2,1-2H3,(H,23,28)(H,26,29)/t15-/m0/s1. The van der Waals surface area contributed by atoms with Gasteiger partial charge in [-0.1, -0.05) is 6.07 Å². The third kappa shape index (κ3) is 3.56. The zero-order valence-electron chi connectivity index (χ0n) is 16.3. The smallest absolute Gasteiger partial charge is 0.270 e. The molecule has 2 N–H and O–H groups in total. The molecule has 0 unspecified atom stereocenters. The maximum Gasteiger partial charge on any atom is 0.270 e. The van der Waals surface area contributed by atoms with Crippen LogP contribution in [0, 0.1) is 25.5 Å². The number of halogens is 2. The topological polar surface area (TPSA) is 97.6 Å². The highest BCUT2D eigenvalue weighted by Crippen LogP contribution is 2.23. The van der Waals surface area contributed by atoms with E-state index in [1.54, 1.807) is 20.0 Å². The summed E-state index contributed by atoms with van der Waals surface area (Å²) in [6, 6.07) is 2.94. The first-order valence-corrected chi connectivity index (χ1v) is 9.35. The van der Waals surface area contributed by atoms with Gasteiger partial charge in [0.25, 0.3) is 11.8 Å². The van der Waals surface area contributed by atoms with E-state index in [1.807, 2.05) is 0 Å². The number of amides is 2. The molecule has 1 aromatic carbocycles. The van der Waals surface area contributed by atoms with Crippen molar-refractivity contribution < 1.29 is 23.1 Å². The highest BCUT2D eigenvalue weighted by atomic mass is 19.1. The van der Waals surface area contributed by atoms with Crippen molar-refractivity contribution in [3.8, 4) is 5.88 Å². The Bertz CT molecular complexity index is 1140. The molecule has 4 rings (SSSR count). The number of nitrogens with one attached hydrogen (secondary N) is 2. The van der Waals surface area contributed by atoms with Gasteiger partial charge in [-0.05, 0) is 32.4 Å². The molecule has 0 radical (unpaired) electrons. The summed E-state index contributed by atoms with van der Waals surface area (Å²) in [5.41, 5.74) is 1.15. The van der Waals surface area contributed by atoms with Crippen molar-refractivity contribution >= 4 is 17.5 Å². The number of ether oxygens (including phenoxy) is 1. The number of imidazole rings is 1. The van der Waals surface area contributed by atoms with Crippen molar-refractivity contribution in [1.29, 1.82) is 0 Å². The molecule has 10 heteroatoms. The van der Waals surface area contributed by atoms with Crippen LogP contribution in [-0.4, -0.2) is 38.8 Å². The summed E-state index contributed by atoms with van der Waals surface area (Å²) in [5, 5.41) is 5.37. The van der Waals surface area contributed by atoms with Crippen LogP contribution in [0.25, 0.3) is 5.65 Å². The molecule has 1 fully saturated rings. The van der Waals surface area contributed by atoms with Gasteiger partial charge in [0, 0.05) is 12.7 Å². The van der Waals surface area contributed by atoms with Crippen molar-refractivity contribution in [3.05, 3.63) is 58.7 Å². The van der Waals surface area contributed by atoms with Gasteiger partial charge in [-0.3, -0.25) is 14.0 Å². The highest BCUT2D eigenvalue weighted by Gasteiger charge is 2.28. The third-order valence-electron chi connectivity index (χ3n) is 4.85. The fourth-order valence-corrected chi connectivity index (χ4v) is 3.39. The summed E-state index contributed by atoms with van der Waals surface area (Å²) >= 11 is 0. The van der Waals surface area contributed by atoms with Crippen LogP contribution >= 0.6 is 0 Å². The average Bonchev–Trinajstić information content (AvgIpc) is 3.23. The molecule has 3 aromatic rings. The number of nitrogens with zero attached hydrogens (tertiary/aromatic N) is 3. The molecular weight excluding hydrogens is 396 g/mol. The van der Waals surface area contributed by atoms with Crippen LogP contribution < -0.4 is 15.4 Å². The van der Waals surface area contributed by atoms with Gasteiger partial charge in [-0.15, -0.1) is 0 Å². The predicted octanol–water partition coefficient (Wildman–Crippen LogP) is 1.82. The van der Waals surface area contributed by atoms with E-state index in [0.29, 0.717) is 24.4 Å². The van der Waals surface area contributed by atoms with E-state index in [1.165, 1.54) is 10.5 Å². The van der Waals surface area contributed by atoms with E-state index in [2.05, 4.69) is 20.6 Å². The molecule has 0 saturated carbocycles. The minimum atomic E-state index is -0.729. The van der Waals surface area contributed by atoms with Crippen LogP contribution in [0.3, 0.4) is 0 Å². The molecule has 2 amide bonds. The fraction of sp³-hybridized carbons (Fsp3) is 0.300. The SMILES string of the molecule is Cc1cn2c(C(=O)N[C@H]3CCNC3=O)c(C)nc2c(OCc2c(F)cccc2F)n1. The zero-order valence-corrected chi connectivity index (χ0v) is 16.3. The minimum Gasteiger partial charge on any atom is -0.470 e. The molecule has 2 aromatic heterocycles. The normalized spacial score (nSPS) is 16.0. The first-order chi connectivity index (χ1) is 14.3. The zero-order chi connectivity index (χ0) is 21.4. The summed E-state index contributed by atoms with van der Waals surface area (Å²) in [5.74, 6) is -2.11. The Balaban J connectivity index is 1.66. The van der Waals surface area contributed by atoms with Gasteiger partial charge in [0.15, 0.2) is 0 Å². The Morgan fingerprint density at radius 2 is 2.03 bits per heavy atom. The average molecular weight is 415 g/mol. The Morgan fingerprint density at radius 3 is 2.70 bits per heavy atom. The van der Waals surface area contributed by atoms with Crippen LogP contribution in [-0.2, 0) is 11.4 Å². The Morgan fingerprint density at radius 1 is 1.30 bits per heavy atom. The van der Waals surface area contributed by atoms with Crippen molar-refractivity contribution in [1.82, 2.24) is 25.0 Å². The Labute approximate surface area is 170 Å². The van der Waals surface area contributed by atoms with E-state index in [4.69, 9.17) is 4.74 Å². The highest BCUT2D eigenvalue weighted by molar-refractivity contribution is 5.98. The number of hydrogen-bond acceptors (Lipinski definition) is 5. The van der Waals surface area contributed by atoms with Gasteiger partial charge < -0.3 is 15.4 Å². The van der Waals surface area contributed by atoms with E-state index in [0.717, 1.165) is 12.1 Å². The largest absolute Gasteiger partial charge is 0.470 e. The minimum absolute atomic E-state index is 0.0402.